The van der Waals surface area contributed by atoms with E-state index in [1.54, 1.807) is 12.1 Å². The Morgan fingerprint density at radius 1 is 1.11 bits per heavy atom. The molecule has 3 aromatic carbocycles. The topological polar surface area (TPSA) is 83.0 Å². The first-order valence-electron chi connectivity index (χ1n) is 8.66. The van der Waals surface area contributed by atoms with E-state index in [-0.39, 0.29) is 18.2 Å². The van der Waals surface area contributed by atoms with Gasteiger partial charge in [0.05, 0.1) is 19.4 Å². The zero-order valence-electron chi connectivity index (χ0n) is 15.0. The van der Waals surface area contributed by atoms with Gasteiger partial charge in [0.2, 0.25) is 0 Å². The Bertz CT molecular complexity index is 970. The lowest BCUT2D eigenvalue weighted by Gasteiger charge is -2.07. The predicted octanol–water partition coefficient (Wildman–Crippen LogP) is 3.51. The van der Waals surface area contributed by atoms with Crippen molar-refractivity contribution in [2.45, 2.75) is 6.92 Å². The zero-order valence-corrected chi connectivity index (χ0v) is 15.0. The average molecular weight is 363 g/mol. The number of ether oxygens (including phenoxy) is 1. The summed E-state index contributed by atoms with van der Waals surface area (Å²) in [7, 11) is 0. The number of aromatic hydroxyl groups is 1. The van der Waals surface area contributed by atoms with Crippen molar-refractivity contribution in [3.63, 3.8) is 0 Å². The average Bonchev–Trinajstić information content (AvgIpc) is 2.69. The smallest absolute Gasteiger partial charge is 0.259 e. The highest BCUT2D eigenvalue weighted by atomic mass is 16.5. The second kappa shape index (κ2) is 8.71. The number of carbonyl (C=O) groups is 1. The van der Waals surface area contributed by atoms with E-state index < -0.39 is 0 Å². The monoisotopic (exact) mass is 363 g/mol. The molecule has 3 rings (SSSR count). The standard InChI is InChI=1S/C21H21N3O3/c1-2-27-19-9-10-20(25)17(12-19)13-23-24-21(26)14-22-18-8-7-15-5-3-4-6-16(15)11-18/h3-13,22,25H,2,14H2,1H3,(H,24,26)/b23-13+. The molecule has 0 aliphatic rings. The molecule has 0 radical (unpaired) electrons. The van der Waals surface area contributed by atoms with Crippen LogP contribution in [0.2, 0.25) is 0 Å². The number of carbonyl (C=O) groups excluding carboxylic acids is 1. The van der Waals surface area contributed by atoms with Crippen molar-refractivity contribution in [1.82, 2.24) is 5.43 Å². The van der Waals surface area contributed by atoms with Crippen molar-refractivity contribution in [3.05, 3.63) is 66.2 Å². The number of amides is 1. The summed E-state index contributed by atoms with van der Waals surface area (Å²) in [6.45, 7) is 2.49. The molecule has 6 heteroatoms. The summed E-state index contributed by atoms with van der Waals surface area (Å²) in [6.07, 6.45) is 1.38. The maximum absolute atomic E-state index is 11.9. The van der Waals surface area contributed by atoms with E-state index in [0.717, 1.165) is 16.5 Å². The molecule has 1 amide bonds. The Labute approximate surface area is 157 Å². The van der Waals surface area contributed by atoms with Crippen molar-refractivity contribution in [3.8, 4) is 11.5 Å². The fourth-order valence-electron chi connectivity index (χ4n) is 2.59. The molecule has 3 aromatic rings. The highest BCUT2D eigenvalue weighted by Crippen LogP contribution is 2.21. The van der Waals surface area contributed by atoms with E-state index in [2.05, 4.69) is 15.8 Å². The number of benzene rings is 3. The van der Waals surface area contributed by atoms with Crippen LogP contribution in [-0.2, 0) is 4.79 Å². The predicted molar refractivity (Wildman–Crippen MR) is 107 cm³/mol. The fourth-order valence-corrected chi connectivity index (χ4v) is 2.59. The van der Waals surface area contributed by atoms with E-state index in [9.17, 15) is 9.90 Å². The van der Waals surface area contributed by atoms with Gasteiger partial charge in [-0.1, -0.05) is 30.3 Å². The first-order valence-corrected chi connectivity index (χ1v) is 8.66. The number of hydrogen-bond donors (Lipinski definition) is 3. The Morgan fingerprint density at radius 2 is 1.93 bits per heavy atom. The van der Waals surface area contributed by atoms with Gasteiger partial charge in [0.25, 0.3) is 5.91 Å². The van der Waals surface area contributed by atoms with Crippen molar-refractivity contribution >= 4 is 28.6 Å². The van der Waals surface area contributed by atoms with Crippen molar-refractivity contribution in [2.24, 2.45) is 5.10 Å². The van der Waals surface area contributed by atoms with Crippen LogP contribution in [0.25, 0.3) is 10.8 Å². The third-order valence-corrected chi connectivity index (χ3v) is 3.91. The normalized spacial score (nSPS) is 10.9. The minimum Gasteiger partial charge on any atom is -0.507 e. The molecule has 0 atom stereocenters. The molecule has 0 fully saturated rings. The molecule has 0 saturated carbocycles. The summed E-state index contributed by atoms with van der Waals surface area (Å²) >= 11 is 0. The maximum Gasteiger partial charge on any atom is 0.259 e. The number of nitrogens with one attached hydrogen (secondary N) is 2. The summed E-state index contributed by atoms with van der Waals surface area (Å²) in [5.41, 5.74) is 3.75. The van der Waals surface area contributed by atoms with Gasteiger partial charge in [0.15, 0.2) is 0 Å². The Morgan fingerprint density at radius 3 is 2.74 bits per heavy atom. The minimum absolute atomic E-state index is 0.0609. The largest absolute Gasteiger partial charge is 0.507 e. The lowest BCUT2D eigenvalue weighted by molar-refractivity contribution is -0.119. The van der Waals surface area contributed by atoms with Gasteiger partial charge in [-0.05, 0) is 48.0 Å². The van der Waals surface area contributed by atoms with E-state index in [1.807, 2.05) is 49.4 Å². The maximum atomic E-state index is 11.9. The molecule has 27 heavy (non-hydrogen) atoms. The number of hydrazone groups is 1. The lowest BCUT2D eigenvalue weighted by Crippen LogP contribution is -2.25. The molecule has 0 unspecified atom stereocenters. The molecule has 0 saturated heterocycles. The van der Waals surface area contributed by atoms with Gasteiger partial charge in [-0.15, -0.1) is 0 Å². The molecular formula is C21H21N3O3. The van der Waals surface area contributed by atoms with Gasteiger partial charge >= 0.3 is 0 Å². The van der Waals surface area contributed by atoms with E-state index >= 15 is 0 Å². The summed E-state index contributed by atoms with van der Waals surface area (Å²) in [5, 5.41) is 19.0. The molecule has 0 aromatic heterocycles. The van der Waals surface area contributed by atoms with Crippen molar-refractivity contribution in [1.29, 1.82) is 0 Å². The fraction of sp³-hybridized carbons (Fsp3) is 0.143. The first-order chi connectivity index (χ1) is 13.2. The van der Waals surface area contributed by atoms with Gasteiger partial charge in [-0.3, -0.25) is 4.79 Å². The van der Waals surface area contributed by atoms with Crippen LogP contribution in [0.15, 0.2) is 65.8 Å². The van der Waals surface area contributed by atoms with Crippen LogP contribution in [0.3, 0.4) is 0 Å². The quantitative estimate of drug-likeness (QED) is 0.443. The third-order valence-electron chi connectivity index (χ3n) is 3.91. The zero-order chi connectivity index (χ0) is 19.1. The van der Waals surface area contributed by atoms with Crippen LogP contribution in [-0.4, -0.2) is 30.4 Å². The molecule has 138 valence electrons. The minimum atomic E-state index is -0.292. The summed E-state index contributed by atoms with van der Waals surface area (Å²) in [5.74, 6) is 0.395. The number of fused-ring (bicyclic) bond motifs is 1. The van der Waals surface area contributed by atoms with Crippen LogP contribution in [0.5, 0.6) is 11.5 Å². The number of phenols is 1. The van der Waals surface area contributed by atoms with E-state index in [1.165, 1.54) is 12.3 Å². The van der Waals surface area contributed by atoms with Crippen LogP contribution in [0.1, 0.15) is 12.5 Å². The van der Waals surface area contributed by atoms with Crippen molar-refractivity contribution in [2.75, 3.05) is 18.5 Å². The number of anilines is 1. The number of rotatable bonds is 7. The van der Waals surface area contributed by atoms with Gasteiger partial charge in [-0.25, -0.2) is 5.43 Å². The van der Waals surface area contributed by atoms with Gasteiger partial charge < -0.3 is 15.2 Å². The second-order valence-corrected chi connectivity index (χ2v) is 5.86. The highest BCUT2D eigenvalue weighted by molar-refractivity contribution is 5.88. The molecule has 0 spiro atoms. The van der Waals surface area contributed by atoms with Crippen molar-refractivity contribution < 1.29 is 14.6 Å². The van der Waals surface area contributed by atoms with Crippen LogP contribution in [0, 0.1) is 0 Å². The first kappa shape index (κ1) is 18.3. The summed E-state index contributed by atoms with van der Waals surface area (Å²) in [4.78, 5) is 11.9. The lowest BCUT2D eigenvalue weighted by atomic mass is 10.1. The molecule has 3 N–H and O–H groups in total. The second-order valence-electron chi connectivity index (χ2n) is 5.86. The summed E-state index contributed by atoms with van der Waals surface area (Å²) < 4.78 is 5.38. The molecular weight excluding hydrogens is 342 g/mol. The van der Waals surface area contributed by atoms with Gasteiger partial charge in [0.1, 0.15) is 11.5 Å². The third kappa shape index (κ3) is 4.98. The molecule has 0 aliphatic heterocycles. The van der Waals surface area contributed by atoms with Crippen LogP contribution >= 0.6 is 0 Å². The van der Waals surface area contributed by atoms with Gasteiger partial charge in [0, 0.05) is 11.3 Å². The molecule has 0 heterocycles. The van der Waals surface area contributed by atoms with Crippen LogP contribution < -0.4 is 15.5 Å². The van der Waals surface area contributed by atoms with E-state index in [4.69, 9.17) is 4.74 Å². The molecule has 0 aliphatic carbocycles. The molecule has 6 nitrogen and oxygen atoms in total. The Hall–Kier alpha value is -3.54. The van der Waals surface area contributed by atoms with E-state index in [0.29, 0.717) is 17.9 Å². The highest BCUT2D eigenvalue weighted by Gasteiger charge is 2.03. The number of phenolic OH excluding ortho intramolecular Hbond substituents is 1. The molecule has 0 bridgehead atoms. The Balaban J connectivity index is 1.54. The van der Waals surface area contributed by atoms with Crippen LogP contribution in [0.4, 0.5) is 5.69 Å². The van der Waals surface area contributed by atoms with Gasteiger partial charge in [-0.2, -0.15) is 5.10 Å². The summed E-state index contributed by atoms with van der Waals surface area (Å²) in [6, 6.07) is 18.8. The number of nitrogens with zero attached hydrogens (tertiary/aromatic N) is 1. The Kier molecular flexibility index (Phi) is 5.89. The number of hydrogen-bond acceptors (Lipinski definition) is 5. The SMILES string of the molecule is CCOc1ccc(O)c(/C=N/NC(=O)CNc2ccc3ccccc3c2)c1.